The summed E-state index contributed by atoms with van der Waals surface area (Å²) >= 11 is 0. The van der Waals surface area contributed by atoms with Crippen molar-refractivity contribution in [2.24, 2.45) is 0 Å². The summed E-state index contributed by atoms with van der Waals surface area (Å²) in [4.78, 5) is 0. The largest absolute Gasteiger partial charge is 4.00 e. The van der Waals surface area contributed by atoms with Gasteiger partial charge in [-0.05, 0) is 24.0 Å². The van der Waals surface area contributed by atoms with Crippen molar-refractivity contribution in [3.05, 3.63) is 106 Å². The number of hydrogen-bond acceptors (Lipinski definition) is 0. The van der Waals surface area contributed by atoms with E-state index in [1.54, 1.807) is 0 Å². The summed E-state index contributed by atoms with van der Waals surface area (Å²) in [6.07, 6.45) is 15.3. The van der Waals surface area contributed by atoms with Crippen molar-refractivity contribution >= 4 is 11.1 Å². The summed E-state index contributed by atoms with van der Waals surface area (Å²) in [5.74, 6) is 0. The first-order chi connectivity index (χ1) is 13.6. The number of aryl methyl sites for hydroxylation is 2. The van der Waals surface area contributed by atoms with E-state index in [4.69, 9.17) is 0 Å². The molecule has 0 saturated heterocycles. The molecule has 2 aliphatic rings. The van der Waals surface area contributed by atoms with Crippen LogP contribution in [0.1, 0.15) is 62.8 Å². The molecule has 0 fully saturated rings. The summed E-state index contributed by atoms with van der Waals surface area (Å²) in [7, 11) is 0. The molecule has 2 aliphatic carbocycles. The minimum atomic E-state index is 0. The molecule has 0 atom stereocenters. The molecule has 0 aliphatic heterocycles. The molecule has 0 aromatic heterocycles. The van der Waals surface area contributed by atoms with Gasteiger partial charge in [-0.1, -0.05) is 76.2 Å². The van der Waals surface area contributed by atoms with Gasteiger partial charge in [-0.15, -0.1) is 24.0 Å². The van der Waals surface area contributed by atoms with Gasteiger partial charge in [0.15, 0.2) is 0 Å². The van der Waals surface area contributed by atoms with Crippen molar-refractivity contribution < 1.29 is 50.7 Å². The zero-order valence-electron chi connectivity index (χ0n) is 18.9. The Morgan fingerprint density at radius 1 is 0.613 bits per heavy atom. The van der Waals surface area contributed by atoms with Crippen LogP contribution in [0.25, 0.3) is 11.1 Å². The SMILES string of the molecule is CCc1ccc(C2=CC[C-]=C2C)cc1.CCc1ccc(C2=CC[C-]=C2C)cc1.[Cl-].[Cl-].[Hf+4]. The molecule has 0 spiro atoms. The van der Waals surface area contributed by atoms with Gasteiger partial charge in [0.1, 0.15) is 0 Å². The van der Waals surface area contributed by atoms with E-state index in [9.17, 15) is 0 Å². The fourth-order valence-electron chi connectivity index (χ4n) is 3.62. The molecule has 160 valence electrons. The van der Waals surface area contributed by atoms with Gasteiger partial charge in [0.25, 0.3) is 0 Å². The summed E-state index contributed by atoms with van der Waals surface area (Å²) < 4.78 is 0. The quantitative estimate of drug-likeness (QED) is 0.362. The number of allylic oxidation sites excluding steroid dienone is 8. The van der Waals surface area contributed by atoms with Gasteiger partial charge in [-0.2, -0.15) is 23.3 Å². The average molecular weight is 616 g/mol. The number of benzene rings is 2. The number of halogens is 2. The van der Waals surface area contributed by atoms with E-state index in [0.29, 0.717) is 0 Å². The van der Waals surface area contributed by atoms with E-state index < -0.39 is 0 Å². The van der Waals surface area contributed by atoms with Gasteiger partial charge >= 0.3 is 25.8 Å². The predicted octanol–water partition coefficient (Wildman–Crippen LogP) is 1.58. The second kappa shape index (κ2) is 14.8. The maximum atomic E-state index is 3.32. The van der Waals surface area contributed by atoms with Gasteiger partial charge in [-0.25, -0.2) is 11.1 Å². The van der Waals surface area contributed by atoms with E-state index in [-0.39, 0.29) is 50.7 Å². The second-order valence-electron chi connectivity index (χ2n) is 7.35. The first-order valence-corrected chi connectivity index (χ1v) is 10.4. The zero-order valence-corrected chi connectivity index (χ0v) is 24.0. The normalized spacial score (nSPS) is 13.8. The van der Waals surface area contributed by atoms with Crippen LogP contribution in [0.4, 0.5) is 0 Å². The number of hydrogen-bond donors (Lipinski definition) is 0. The molecular weight excluding hydrogens is 586 g/mol. The van der Waals surface area contributed by atoms with Gasteiger partial charge in [0.2, 0.25) is 0 Å². The molecule has 0 unspecified atom stereocenters. The van der Waals surface area contributed by atoms with Crippen LogP contribution in [0, 0.1) is 12.2 Å². The molecule has 2 aromatic carbocycles. The Morgan fingerprint density at radius 2 is 0.935 bits per heavy atom. The van der Waals surface area contributed by atoms with Crippen molar-refractivity contribution in [2.75, 3.05) is 0 Å². The molecule has 4 rings (SSSR count). The van der Waals surface area contributed by atoms with Crippen LogP contribution in [0.2, 0.25) is 0 Å². The van der Waals surface area contributed by atoms with Crippen molar-refractivity contribution in [3.8, 4) is 0 Å². The molecule has 31 heavy (non-hydrogen) atoms. The van der Waals surface area contributed by atoms with E-state index in [1.807, 2.05) is 0 Å². The van der Waals surface area contributed by atoms with Crippen molar-refractivity contribution in [1.29, 1.82) is 0 Å². The molecule has 0 radical (unpaired) electrons. The molecule has 0 amide bonds. The van der Waals surface area contributed by atoms with Gasteiger partial charge in [0, 0.05) is 0 Å². The van der Waals surface area contributed by atoms with Crippen molar-refractivity contribution in [1.82, 2.24) is 0 Å². The zero-order chi connectivity index (χ0) is 19.9. The van der Waals surface area contributed by atoms with E-state index in [1.165, 1.54) is 44.5 Å². The first kappa shape index (κ1) is 29.9. The van der Waals surface area contributed by atoms with Crippen LogP contribution in [-0.2, 0) is 38.7 Å². The Morgan fingerprint density at radius 3 is 1.16 bits per heavy atom. The molecule has 3 heteroatoms. The van der Waals surface area contributed by atoms with Crippen molar-refractivity contribution in [3.63, 3.8) is 0 Å². The minimum Gasteiger partial charge on any atom is -1.00 e. The Kier molecular flexibility index (Phi) is 14.3. The first-order valence-electron chi connectivity index (χ1n) is 10.4. The molecule has 0 heterocycles. The maximum absolute atomic E-state index is 3.32. The second-order valence-corrected chi connectivity index (χ2v) is 7.35. The summed E-state index contributed by atoms with van der Waals surface area (Å²) in [6.45, 7) is 8.63. The maximum Gasteiger partial charge on any atom is 4.00 e. The van der Waals surface area contributed by atoms with E-state index in [2.05, 4.69) is 101 Å². The van der Waals surface area contributed by atoms with Gasteiger partial charge < -0.3 is 24.8 Å². The van der Waals surface area contributed by atoms with Crippen LogP contribution >= 0.6 is 0 Å². The monoisotopic (exact) mass is 616 g/mol. The van der Waals surface area contributed by atoms with E-state index in [0.717, 1.165) is 25.7 Å². The Bertz CT molecular complexity index is 850. The van der Waals surface area contributed by atoms with Crippen LogP contribution in [0.15, 0.2) is 71.8 Å². The van der Waals surface area contributed by atoms with Crippen LogP contribution in [-0.4, -0.2) is 0 Å². The Balaban J connectivity index is 0.000000529. The Labute approximate surface area is 220 Å². The standard InChI is InChI=1S/2C14H15.2ClH.Hf/c2*1-3-12-7-9-13(10-8-12)14-6-4-5-11(14)2;;;/h2*6-10H,3-4H2,1-2H3;2*1H;/q2*-1;;;+4/p-2. The topological polar surface area (TPSA) is 0 Å². The molecule has 0 bridgehead atoms. The molecule has 2 aromatic rings. The van der Waals surface area contributed by atoms with Crippen LogP contribution in [0.3, 0.4) is 0 Å². The van der Waals surface area contributed by atoms with Gasteiger partial charge in [0.05, 0.1) is 0 Å². The summed E-state index contributed by atoms with van der Waals surface area (Å²) in [6, 6.07) is 17.7. The third kappa shape index (κ3) is 8.04. The Hall–Kier alpha value is -1.15. The number of rotatable bonds is 4. The molecule has 0 N–H and O–H groups in total. The van der Waals surface area contributed by atoms with Crippen molar-refractivity contribution in [2.45, 2.75) is 53.4 Å². The van der Waals surface area contributed by atoms with Crippen LogP contribution in [0.5, 0.6) is 0 Å². The van der Waals surface area contributed by atoms with Gasteiger partial charge in [-0.3, -0.25) is 12.2 Å². The molecular formula is C28H30Cl2Hf. The smallest absolute Gasteiger partial charge is 1.00 e. The fraction of sp³-hybridized carbons (Fsp3) is 0.286. The van der Waals surface area contributed by atoms with Crippen LogP contribution < -0.4 is 24.8 Å². The summed E-state index contributed by atoms with van der Waals surface area (Å²) in [5.41, 5.74) is 10.7. The minimum absolute atomic E-state index is 0. The molecule has 0 nitrogen and oxygen atoms in total. The molecule has 0 saturated carbocycles. The fourth-order valence-corrected chi connectivity index (χ4v) is 3.62. The average Bonchev–Trinajstić information content (AvgIpc) is 3.37. The predicted molar refractivity (Wildman–Crippen MR) is 122 cm³/mol. The third-order valence-corrected chi connectivity index (χ3v) is 5.50. The summed E-state index contributed by atoms with van der Waals surface area (Å²) in [5, 5.41) is 0. The van der Waals surface area contributed by atoms with E-state index >= 15 is 0 Å². The third-order valence-electron chi connectivity index (χ3n) is 5.50.